The Hall–Kier alpha value is -1.14. The number of azide groups is 1. The molecule has 0 saturated heterocycles. The molecule has 0 aliphatic rings. The lowest BCUT2D eigenvalue weighted by Gasteiger charge is -1.95. The van der Waals surface area contributed by atoms with Crippen molar-refractivity contribution in [1.29, 1.82) is 0 Å². The molecule has 0 saturated carbocycles. The van der Waals surface area contributed by atoms with Crippen molar-refractivity contribution < 1.29 is 0 Å². The maximum Gasteiger partial charge on any atom is 0.0560 e. The molecule has 0 aromatic heterocycles. The molecule has 0 aliphatic heterocycles. The van der Waals surface area contributed by atoms with Crippen molar-refractivity contribution in [3.05, 3.63) is 43.7 Å². The van der Waals surface area contributed by atoms with Crippen LogP contribution in [0.3, 0.4) is 0 Å². The van der Waals surface area contributed by atoms with E-state index in [2.05, 4.69) is 37.8 Å². The van der Waals surface area contributed by atoms with Gasteiger partial charge in [0.1, 0.15) is 0 Å². The quantitative estimate of drug-likeness (QED) is 0.257. The van der Waals surface area contributed by atoms with Crippen LogP contribution < -0.4 is 0 Å². The molecule has 15 heavy (non-hydrogen) atoms. The van der Waals surface area contributed by atoms with Gasteiger partial charge in [-0.15, -0.1) is 0 Å². The number of halogens is 2. The molecule has 0 bridgehead atoms. The maximum absolute atomic E-state index is 8.04. The summed E-state index contributed by atoms with van der Waals surface area (Å²) >= 11 is 9.19. The lowest BCUT2D eigenvalue weighted by atomic mass is 10.2. The zero-order chi connectivity index (χ0) is 11.1. The SMILES string of the molecule is [N-]=[N+]=NCCC#Cc1ccc(Br)c(Cl)c1. The molecule has 0 aliphatic carbocycles. The lowest BCUT2D eigenvalue weighted by Crippen LogP contribution is -1.77. The topological polar surface area (TPSA) is 48.8 Å². The van der Waals surface area contributed by atoms with Crippen LogP contribution in [0.4, 0.5) is 0 Å². The second-order valence-electron chi connectivity index (χ2n) is 2.64. The van der Waals surface area contributed by atoms with Gasteiger partial charge in [-0.1, -0.05) is 28.6 Å². The van der Waals surface area contributed by atoms with Crippen molar-refractivity contribution in [1.82, 2.24) is 0 Å². The summed E-state index contributed by atoms with van der Waals surface area (Å²) in [4.78, 5) is 2.64. The number of nitrogens with zero attached hydrogens (tertiary/aromatic N) is 3. The van der Waals surface area contributed by atoms with Gasteiger partial charge in [-0.05, 0) is 39.7 Å². The van der Waals surface area contributed by atoms with E-state index in [1.54, 1.807) is 6.07 Å². The summed E-state index contributed by atoms with van der Waals surface area (Å²) in [6.45, 7) is 0.397. The molecular formula is C10H7BrClN3. The molecule has 5 heteroatoms. The molecule has 0 unspecified atom stereocenters. The number of rotatable bonds is 2. The van der Waals surface area contributed by atoms with Gasteiger partial charge in [0.2, 0.25) is 0 Å². The highest BCUT2D eigenvalue weighted by Crippen LogP contribution is 2.22. The summed E-state index contributed by atoms with van der Waals surface area (Å²) in [5.74, 6) is 5.83. The summed E-state index contributed by atoms with van der Waals surface area (Å²) in [6, 6.07) is 5.50. The Morgan fingerprint density at radius 1 is 1.53 bits per heavy atom. The van der Waals surface area contributed by atoms with Crippen molar-refractivity contribution in [3.63, 3.8) is 0 Å². The van der Waals surface area contributed by atoms with Gasteiger partial charge in [-0.2, -0.15) is 0 Å². The predicted molar refractivity (Wildman–Crippen MR) is 64.7 cm³/mol. The Morgan fingerprint density at radius 3 is 3.00 bits per heavy atom. The van der Waals surface area contributed by atoms with Crippen molar-refractivity contribution in [2.75, 3.05) is 6.54 Å². The van der Waals surface area contributed by atoms with Gasteiger partial charge in [-0.25, -0.2) is 0 Å². The minimum Gasteiger partial charge on any atom is -0.0978 e. The molecule has 76 valence electrons. The van der Waals surface area contributed by atoms with E-state index in [4.69, 9.17) is 17.1 Å². The van der Waals surface area contributed by atoms with Gasteiger partial charge < -0.3 is 0 Å². The zero-order valence-corrected chi connectivity index (χ0v) is 10.1. The van der Waals surface area contributed by atoms with Gasteiger partial charge in [0, 0.05) is 27.9 Å². The first-order valence-corrected chi connectivity index (χ1v) is 5.36. The van der Waals surface area contributed by atoms with Gasteiger partial charge in [0.15, 0.2) is 0 Å². The average Bonchev–Trinajstić information content (AvgIpc) is 2.23. The monoisotopic (exact) mass is 283 g/mol. The fourth-order valence-electron chi connectivity index (χ4n) is 0.889. The Labute approximate surface area is 101 Å². The molecule has 0 fully saturated rings. The molecule has 0 amide bonds. The molecule has 0 heterocycles. The first kappa shape index (κ1) is 11.9. The van der Waals surface area contributed by atoms with Crippen molar-refractivity contribution in [2.24, 2.45) is 5.11 Å². The molecule has 1 aromatic rings. The number of benzene rings is 1. The van der Waals surface area contributed by atoms with E-state index in [0.717, 1.165) is 10.0 Å². The summed E-state index contributed by atoms with van der Waals surface area (Å²) in [7, 11) is 0. The third-order valence-corrected chi connectivity index (χ3v) is 2.78. The van der Waals surface area contributed by atoms with E-state index >= 15 is 0 Å². The smallest absolute Gasteiger partial charge is 0.0560 e. The molecule has 0 radical (unpaired) electrons. The van der Waals surface area contributed by atoms with E-state index in [0.29, 0.717) is 18.0 Å². The third-order valence-electron chi connectivity index (χ3n) is 1.55. The van der Waals surface area contributed by atoms with E-state index in [-0.39, 0.29) is 0 Å². The van der Waals surface area contributed by atoms with E-state index < -0.39 is 0 Å². The fourth-order valence-corrected chi connectivity index (χ4v) is 1.32. The molecule has 1 rings (SSSR count). The van der Waals surface area contributed by atoms with E-state index in [1.165, 1.54) is 0 Å². The average molecular weight is 285 g/mol. The minimum atomic E-state index is 0.397. The lowest BCUT2D eigenvalue weighted by molar-refractivity contribution is 1.01. The normalized spacial score (nSPS) is 8.67. The largest absolute Gasteiger partial charge is 0.0978 e. The van der Waals surface area contributed by atoms with Crippen molar-refractivity contribution in [3.8, 4) is 11.8 Å². The zero-order valence-electron chi connectivity index (χ0n) is 7.74. The van der Waals surface area contributed by atoms with Crippen LogP contribution in [-0.2, 0) is 0 Å². The predicted octanol–water partition coefficient (Wildman–Crippen LogP) is 4.15. The summed E-state index contributed by atoms with van der Waals surface area (Å²) in [6.07, 6.45) is 0.553. The first-order valence-electron chi connectivity index (χ1n) is 4.19. The van der Waals surface area contributed by atoms with E-state index in [9.17, 15) is 0 Å². The second kappa shape index (κ2) is 6.36. The van der Waals surface area contributed by atoms with Crippen LogP contribution in [0.2, 0.25) is 5.02 Å². The molecule has 0 atom stereocenters. The third kappa shape index (κ3) is 4.26. The fraction of sp³-hybridized carbons (Fsp3) is 0.200. The summed E-state index contributed by atoms with van der Waals surface area (Å²) in [5.41, 5.74) is 8.89. The van der Waals surface area contributed by atoms with Crippen LogP contribution in [0.1, 0.15) is 12.0 Å². The van der Waals surface area contributed by atoms with Gasteiger partial charge in [0.05, 0.1) is 5.02 Å². The van der Waals surface area contributed by atoms with Gasteiger partial charge >= 0.3 is 0 Å². The van der Waals surface area contributed by atoms with Crippen LogP contribution in [0.15, 0.2) is 27.8 Å². The van der Waals surface area contributed by atoms with Crippen LogP contribution in [-0.4, -0.2) is 6.54 Å². The highest BCUT2D eigenvalue weighted by molar-refractivity contribution is 9.10. The Balaban J connectivity index is 2.64. The highest BCUT2D eigenvalue weighted by atomic mass is 79.9. The highest BCUT2D eigenvalue weighted by Gasteiger charge is 1.95. The van der Waals surface area contributed by atoms with Crippen LogP contribution in [0, 0.1) is 11.8 Å². The Kier molecular flexibility index (Phi) is 5.06. The van der Waals surface area contributed by atoms with E-state index in [1.807, 2.05) is 12.1 Å². The molecular weight excluding hydrogens is 277 g/mol. The first-order chi connectivity index (χ1) is 7.24. The minimum absolute atomic E-state index is 0.397. The Morgan fingerprint density at radius 2 is 2.33 bits per heavy atom. The Bertz CT molecular complexity index is 455. The van der Waals surface area contributed by atoms with Gasteiger partial charge in [0.25, 0.3) is 0 Å². The maximum atomic E-state index is 8.04. The second-order valence-corrected chi connectivity index (χ2v) is 3.90. The van der Waals surface area contributed by atoms with Gasteiger partial charge in [-0.3, -0.25) is 0 Å². The number of hydrogen-bond acceptors (Lipinski definition) is 1. The molecule has 1 aromatic carbocycles. The summed E-state index contributed by atoms with van der Waals surface area (Å²) in [5, 5.41) is 4.02. The molecule has 0 N–H and O–H groups in total. The molecule has 0 spiro atoms. The van der Waals surface area contributed by atoms with Crippen LogP contribution in [0.25, 0.3) is 10.4 Å². The molecule has 3 nitrogen and oxygen atoms in total. The van der Waals surface area contributed by atoms with Crippen LogP contribution in [0.5, 0.6) is 0 Å². The number of hydrogen-bond donors (Lipinski definition) is 0. The van der Waals surface area contributed by atoms with Crippen LogP contribution >= 0.6 is 27.5 Å². The van der Waals surface area contributed by atoms with Crippen molar-refractivity contribution >= 4 is 27.5 Å². The summed E-state index contributed by atoms with van der Waals surface area (Å²) < 4.78 is 0.851. The van der Waals surface area contributed by atoms with Crippen molar-refractivity contribution in [2.45, 2.75) is 6.42 Å². The standard InChI is InChI=1S/C10H7BrClN3/c11-9-5-4-8(7-10(9)12)3-1-2-6-14-15-13/h4-5,7H,2,6H2.